The maximum atomic E-state index is 12.6. The van der Waals surface area contributed by atoms with Gasteiger partial charge in [-0.2, -0.15) is 0 Å². The second kappa shape index (κ2) is 5.87. The van der Waals surface area contributed by atoms with Gasteiger partial charge >= 0.3 is 0 Å². The molecule has 2 fully saturated rings. The fraction of sp³-hybridized carbons (Fsp3) is 0.667. The maximum absolute atomic E-state index is 12.6. The molecule has 1 aromatic rings. The third-order valence-corrected chi connectivity index (χ3v) is 4.67. The summed E-state index contributed by atoms with van der Waals surface area (Å²) in [6.45, 7) is 3.88. The molecule has 0 N–H and O–H groups in total. The quantitative estimate of drug-likeness (QED) is 0.787. The smallest absolute Gasteiger partial charge is 0.291 e. The summed E-state index contributed by atoms with van der Waals surface area (Å²) in [5.41, 5.74) is 0. The van der Waals surface area contributed by atoms with Gasteiger partial charge in [-0.15, -0.1) is 0 Å². The van der Waals surface area contributed by atoms with Gasteiger partial charge in [0, 0.05) is 32.6 Å². The number of carbonyl (C=O) groups excluding carboxylic acids is 2. The molecule has 2 aliphatic rings. The summed E-state index contributed by atoms with van der Waals surface area (Å²) in [6, 6.07) is 0.209. The lowest BCUT2D eigenvalue weighted by Gasteiger charge is -2.42. The molecule has 21 heavy (non-hydrogen) atoms. The highest BCUT2D eigenvalue weighted by Crippen LogP contribution is 2.31. The normalized spacial score (nSPS) is 26.1. The second-order valence-electron chi connectivity index (χ2n) is 5.94. The lowest BCUT2D eigenvalue weighted by Crippen LogP contribution is -2.53. The topological polar surface area (TPSA) is 66.7 Å². The largest absolute Gasteiger partial charge is 0.438 e. The Morgan fingerprint density at radius 3 is 2.86 bits per heavy atom. The van der Waals surface area contributed by atoms with Gasteiger partial charge in [0.2, 0.25) is 11.7 Å². The van der Waals surface area contributed by atoms with Crippen LogP contribution >= 0.6 is 0 Å². The minimum atomic E-state index is -0.0688. The molecule has 6 heteroatoms. The molecule has 0 aliphatic carbocycles. The number of carbonyl (C=O) groups is 2. The number of rotatable bonds is 1. The summed E-state index contributed by atoms with van der Waals surface area (Å²) in [6.07, 6.45) is 6.81. The van der Waals surface area contributed by atoms with Crippen molar-refractivity contribution in [3.05, 3.63) is 18.4 Å². The molecule has 0 radical (unpaired) electrons. The van der Waals surface area contributed by atoms with Crippen molar-refractivity contribution in [2.45, 2.75) is 38.6 Å². The minimum absolute atomic E-state index is 0.0688. The molecular weight excluding hydrogens is 270 g/mol. The molecule has 6 nitrogen and oxygen atoms in total. The van der Waals surface area contributed by atoms with Crippen LogP contribution in [0.25, 0.3) is 0 Å². The van der Waals surface area contributed by atoms with Gasteiger partial charge in [0.05, 0.1) is 6.20 Å². The molecule has 2 atom stereocenters. The number of hydrogen-bond acceptors (Lipinski definition) is 4. The highest BCUT2D eigenvalue weighted by molar-refractivity contribution is 5.91. The van der Waals surface area contributed by atoms with Crippen molar-refractivity contribution < 1.29 is 14.0 Å². The van der Waals surface area contributed by atoms with Gasteiger partial charge in [-0.3, -0.25) is 9.59 Å². The van der Waals surface area contributed by atoms with Crippen LogP contribution in [0.5, 0.6) is 0 Å². The summed E-state index contributed by atoms with van der Waals surface area (Å²) >= 11 is 0. The standard InChI is InChI=1S/C15H21N3O3/c1-11(19)17-7-5-13-12(9-17)4-2-3-6-18(13)15(20)14-8-16-10-21-14/h8,10,12-13H,2-7,9H2,1H3/t12-,13-/m1/s1. The van der Waals surface area contributed by atoms with E-state index in [1.807, 2.05) is 9.80 Å². The second-order valence-corrected chi connectivity index (χ2v) is 5.94. The number of likely N-dealkylation sites (tertiary alicyclic amines) is 2. The van der Waals surface area contributed by atoms with Crippen LogP contribution in [0.15, 0.2) is 17.0 Å². The summed E-state index contributed by atoms with van der Waals surface area (Å²) in [5.74, 6) is 0.744. The van der Waals surface area contributed by atoms with E-state index in [0.29, 0.717) is 11.7 Å². The fourth-order valence-corrected chi connectivity index (χ4v) is 3.57. The van der Waals surface area contributed by atoms with E-state index in [9.17, 15) is 9.59 Å². The Labute approximate surface area is 124 Å². The lowest BCUT2D eigenvalue weighted by molar-refractivity contribution is -0.131. The number of nitrogens with zero attached hydrogens (tertiary/aromatic N) is 3. The molecule has 0 bridgehead atoms. The predicted octanol–water partition coefficient (Wildman–Crippen LogP) is 1.54. The van der Waals surface area contributed by atoms with Crippen molar-refractivity contribution in [2.75, 3.05) is 19.6 Å². The van der Waals surface area contributed by atoms with Crippen molar-refractivity contribution in [1.82, 2.24) is 14.8 Å². The van der Waals surface area contributed by atoms with Crippen LogP contribution in [-0.4, -0.2) is 52.3 Å². The Morgan fingerprint density at radius 2 is 2.14 bits per heavy atom. The van der Waals surface area contributed by atoms with E-state index in [0.717, 1.165) is 45.3 Å². The molecule has 114 valence electrons. The van der Waals surface area contributed by atoms with Gasteiger partial charge < -0.3 is 14.2 Å². The van der Waals surface area contributed by atoms with E-state index in [-0.39, 0.29) is 17.9 Å². The van der Waals surface area contributed by atoms with Crippen molar-refractivity contribution in [3.63, 3.8) is 0 Å². The average molecular weight is 291 g/mol. The SMILES string of the molecule is CC(=O)N1CC[C@@H]2[C@H](CCCCN2C(=O)c2cnco2)C1. The Morgan fingerprint density at radius 1 is 1.29 bits per heavy atom. The van der Waals surface area contributed by atoms with E-state index >= 15 is 0 Å². The summed E-state index contributed by atoms with van der Waals surface area (Å²) < 4.78 is 5.16. The van der Waals surface area contributed by atoms with E-state index in [1.54, 1.807) is 6.92 Å². The Bertz CT molecular complexity index is 514. The molecule has 0 aromatic carbocycles. The number of aromatic nitrogens is 1. The van der Waals surface area contributed by atoms with Crippen LogP contribution in [0.4, 0.5) is 0 Å². The predicted molar refractivity (Wildman–Crippen MR) is 75.5 cm³/mol. The molecule has 3 rings (SSSR count). The van der Waals surface area contributed by atoms with Crippen LogP contribution < -0.4 is 0 Å². The first-order chi connectivity index (χ1) is 10.2. The number of hydrogen-bond donors (Lipinski definition) is 0. The highest BCUT2D eigenvalue weighted by Gasteiger charge is 2.38. The molecule has 1 aromatic heterocycles. The molecule has 0 saturated carbocycles. The first kappa shape index (κ1) is 14.1. The molecule has 2 aliphatic heterocycles. The zero-order valence-corrected chi connectivity index (χ0v) is 12.3. The number of oxazole rings is 1. The maximum Gasteiger partial charge on any atom is 0.291 e. The summed E-state index contributed by atoms with van der Waals surface area (Å²) in [7, 11) is 0. The number of amides is 2. The Kier molecular flexibility index (Phi) is 3.94. The number of fused-ring (bicyclic) bond motifs is 1. The molecule has 3 heterocycles. The van der Waals surface area contributed by atoms with Gasteiger partial charge in [-0.05, 0) is 25.2 Å². The Balaban J connectivity index is 1.78. The first-order valence-electron chi connectivity index (χ1n) is 7.62. The van der Waals surface area contributed by atoms with Gasteiger partial charge in [0.1, 0.15) is 0 Å². The number of piperidine rings is 1. The van der Waals surface area contributed by atoms with Crippen molar-refractivity contribution in [2.24, 2.45) is 5.92 Å². The van der Waals surface area contributed by atoms with Crippen LogP contribution in [0, 0.1) is 5.92 Å². The van der Waals surface area contributed by atoms with Crippen molar-refractivity contribution in [3.8, 4) is 0 Å². The minimum Gasteiger partial charge on any atom is -0.438 e. The molecular formula is C15H21N3O3. The Hall–Kier alpha value is -1.85. The van der Waals surface area contributed by atoms with Crippen LogP contribution in [0.2, 0.25) is 0 Å². The zero-order valence-electron chi connectivity index (χ0n) is 12.3. The summed E-state index contributed by atoms with van der Waals surface area (Å²) in [5, 5.41) is 0. The van der Waals surface area contributed by atoms with E-state index in [4.69, 9.17) is 4.42 Å². The monoisotopic (exact) mass is 291 g/mol. The first-order valence-corrected chi connectivity index (χ1v) is 7.62. The van der Waals surface area contributed by atoms with Gasteiger partial charge in [0.25, 0.3) is 5.91 Å². The lowest BCUT2D eigenvalue weighted by atomic mass is 9.88. The third-order valence-electron chi connectivity index (χ3n) is 4.67. The zero-order chi connectivity index (χ0) is 14.8. The molecule has 0 spiro atoms. The molecule has 0 unspecified atom stereocenters. The highest BCUT2D eigenvalue weighted by atomic mass is 16.3. The van der Waals surface area contributed by atoms with Gasteiger partial charge in [-0.1, -0.05) is 6.42 Å². The van der Waals surface area contributed by atoms with E-state index in [1.165, 1.54) is 12.6 Å². The van der Waals surface area contributed by atoms with Crippen LogP contribution in [-0.2, 0) is 4.79 Å². The van der Waals surface area contributed by atoms with Crippen LogP contribution in [0.3, 0.4) is 0 Å². The van der Waals surface area contributed by atoms with Crippen LogP contribution in [0.1, 0.15) is 43.2 Å². The van der Waals surface area contributed by atoms with E-state index in [2.05, 4.69) is 4.98 Å². The molecule has 2 amide bonds. The van der Waals surface area contributed by atoms with Gasteiger partial charge in [-0.25, -0.2) is 4.98 Å². The van der Waals surface area contributed by atoms with E-state index < -0.39 is 0 Å². The summed E-state index contributed by atoms with van der Waals surface area (Å²) in [4.78, 5) is 31.9. The van der Waals surface area contributed by atoms with Crippen molar-refractivity contribution >= 4 is 11.8 Å². The fourth-order valence-electron chi connectivity index (χ4n) is 3.57. The third kappa shape index (κ3) is 2.80. The molecule has 2 saturated heterocycles. The van der Waals surface area contributed by atoms with Gasteiger partial charge in [0.15, 0.2) is 6.39 Å². The van der Waals surface area contributed by atoms with Crippen molar-refractivity contribution in [1.29, 1.82) is 0 Å². The average Bonchev–Trinajstić information content (AvgIpc) is 2.93.